The van der Waals surface area contributed by atoms with E-state index in [0.29, 0.717) is 6.54 Å². The standard InChI is InChI=1S/C25H33N5O3/c1-17(28-30-13-11-29(3)12-14-30)19-7-9-20(10-8-19)21-5-4-6-22(15-21)24(27-18(2)31)23-16-26-25(32)33-23/h4-10,15,17,23-24,28H,11-14,16H2,1-3H3,(H,26,32)(H,27,31). The summed E-state index contributed by atoms with van der Waals surface area (Å²) < 4.78 is 5.36. The van der Waals surface area contributed by atoms with Crippen molar-refractivity contribution < 1.29 is 14.3 Å². The Labute approximate surface area is 195 Å². The molecule has 8 nitrogen and oxygen atoms in total. The van der Waals surface area contributed by atoms with Crippen LogP contribution in [0.4, 0.5) is 4.79 Å². The monoisotopic (exact) mass is 451 g/mol. The lowest BCUT2D eigenvalue weighted by molar-refractivity contribution is -0.120. The van der Waals surface area contributed by atoms with E-state index in [2.05, 4.69) is 64.2 Å². The molecule has 3 unspecified atom stereocenters. The minimum atomic E-state index is -0.457. The number of nitrogens with one attached hydrogen (secondary N) is 3. The Morgan fingerprint density at radius 3 is 2.42 bits per heavy atom. The second-order valence-electron chi connectivity index (χ2n) is 8.89. The molecule has 2 fully saturated rings. The number of carbonyl (C=O) groups is 2. The van der Waals surface area contributed by atoms with Gasteiger partial charge >= 0.3 is 6.09 Å². The number of likely N-dealkylation sites (N-methyl/N-ethyl adjacent to an activating group) is 1. The summed E-state index contributed by atoms with van der Waals surface area (Å²) in [6.45, 7) is 8.20. The molecule has 2 aromatic carbocycles. The van der Waals surface area contributed by atoms with Gasteiger partial charge in [-0.1, -0.05) is 42.5 Å². The first kappa shape index (κ1) is 23.2. The Bertz CT molecular complexity index is 972. The lowest BCUT2D eigenvalue weighted by Gasteiger charge is -2.34. The fraction of sp³-hybridized carbons (Fsp3) is 0.440. The Balaban J connectivity index is 1.47. The number of rotatable bonds is 7. The zero-order valence-electron chi connectivity index (χ0n) is 19.5. The third kappa shape index (κ3) is 5.90. The smallest absolute Gasteiger partial charge is 0.407 e. The first-order valence-corrected chi connectivity index (χ1v) is 11.5. The van der Waals surface area contributed by atoms with Crippen LogP contribution in [-0.4, -0.2) is 67.8 Å². The van der Waals surface area contributed by atoms with Crippen LogP contribution >= 0.6 is 0 Å². The lowest BCUT2D eigenvalue weighted by Crippen LogP contribution is -2.51. The Hall–Kier alpha value is -2.94. The molecule has 0 aliphatic carbocycles. The second kappa shape index (κ2) is 10.3. The van der Waals surface area contributed by atoms with Crippen LogP contribution in [0.2, 0.25) is 0 Å². The van der Waals surface area contributed by atoms with E-state index in [4.69, 9.17) is 4.74 Å². The maximum absolute atomic E-state index is 11.8. The summed E-state index contributed by atoms with van der Waals surface area (Å²) in [5.41, 5.74) is 7.88. The fourth-order valence-electron chi connectivity index (χ4n) is 4.36. The topological polar surface area (TPSA) is 85.9 Å². The van der Waals surface area contributed by atoms with Gasteiger partial charge in [-0.15, -0.1) is 0 Å². The largest absolute Gasteiger partial charge is 0.442 e. The number of nitrogens with zero attached hydrogens (tertiary/aromatic N) is 2. The zero-order valence-corrected chi connectivity index (χ0v) is 19.5. The molecule has 0 saturated carbocycles. The van der Waals surface area contributed by atoms with Crippen LogP contribution in [-0.2, 0) is 9.53 Å². The quantitative estimate of drug-likeness (QED) is 0.600. The van der Waals surface area contributed by atoms with Gasteiger partial charge in [0.05, 0.1) is 12.6 Å². The van der Waals surface area contributed by atoms with Gasteiger partial charge < -0.3 is 20.3 Å². The highest BCUT2D eigenvalue weighted by atomic mass is 16.6. The van der Waals surface area contributed by atoms with Crippen LogP contribution in [0.15, 0.2) is 48.5 Å². The van der Waals surface area contributed by atoms with Crippen molar-refractivity contribution in [1.82, 2.24) is 26.0 Å². The summed E-state index contributed by atoms with van der Waals surface area (Å²) in [6.07, 6.45) is -0.901. The van der Waals surface area contributed by atoms with E-state index >= 15 is 0 Å². The first-order chi connectivity index (χ1) is 15.9. The van der Waals surface area contributed by atoms with Crippen molar-refractivity contribution in [3.63, 3.8) is 0 Å². The summed E-state index contributed by atoms with van der Waals surface area (Å²) in [5, 5.41) is 7.89. The molecule has 2 aromatic rings. The highest BCUT2D eigenvalue weighted by Gasteiger charge is 2.32. The van der Waals surface area contributed by atoms with E-state index in [9.17, 15) is 9.59 Å². The van der Waals surface area contributed by atoms with Crippen molar-refractivity contribution in [3.05, 3.63) is 59.7 Å². The number of hydrazine groups is 1. The molecule has 0 bridgehead atoms. The van der Waals surface area contributed by atoms with E-state index in [1.54, 1.807) is 0 Å². The van der Waals surface area contributed by atoms with Gasteiger partial charge in [0.1, 0.15) is 6.10 Å². The van der Waals surface area contributed by atoms with Gasteiger partial charge in [0.25, 0.3) is 0 Å². The van der Waals surface area contributed by atoms with Gasteiger partial charge in [-0.05, 0) is 42.3 Å². The summed E-state index contributed by atoms with van der Waals surface area (Å²) in [7, 11) is 2.16. The van der Waals surface area contributed by atoms with Crippen LogP contribution in [0, 0.1) is 0 Å². The van der Waals surface area contributed by atoms with Crippen molar-refractivity contribution in [2.45, 2.75) is 32.0 Å². The molecule has 33 heavy (non-hydrogen) atoms. The highest BCUT2D eigenvalue weighted by Crippen LogP contribution is 2.28. The van der Waals surface area contributed by atoms with Gasteiger partial charge in [-0.25, -0.2) is 15.2 Å². The molecule has 2 heterocycles. The van der Waals surface area contributed by atoms with Gasteiger partial charge in [0.15, 0.2) is 0 Å². The minimum absolute atomic E-state index is 0.167. The second-order valence-corrected chi connectivity index (χ2v) is 8.89. The molecule has 2 aliphatic rings. The van der Waals surface area contributed by atoms with Gasteiger partial charge in [0.2, 0.25) is 5.91 Å². The molecule has 8 heteroatoms. The van der Waals surface area contributed by atoms with Crippen LogP contribution in [0.25, 0.3) is 11.1 Å². The average Bonchev–Trinajstić information content (AvgIpc) is 3.25. The molecule has 3 atom stereocenters. The summed E-state index contributed by atoms with van der Waals surface area (Å²) in [6, 6.07) is 16.4. The molecule has 2 amide bonds. The average molecular weight is 452 g/mol. The number of hydrogen-bond acceptors (Lipinski definition) is 6. The van der Waals surface area contributed by atoms with Gasteiger partial charge in [0, 0.05) is 39.1 Å². The van der Waals surface area contributed by atoms with Crippen molar-refractivity contribution in [2.24, 2.45) is 0 Å². The molecule has 2 aliphatic heterocycles. The molecular formula is C25H33N5O3. The van der Waals surface area contributed by atoms with Crippen LogP contribution < -0.4 is 16.1 Å². The maximum atomic E-state index is 11.8. The molecule has 176 valence electrons. The van der Waals surface area contributed by atoms with Crippen LogP contribution in [0.3, 0.4) is 0 Å². The number of alkyl carbamates (subject to hydrolysis) is 1. The number of piperazine rings is 1. The fourth-order valence-corrected chi connectivity index (χ4v) is 4.36. The van der Waals surface area contributed by atoms with Crippen LogP contribution in [0.1, 0.15) is 37.1 Å². The summed E-state index contributed by atoms with van der Waals surface area (Å²) in [5.74, 6) is -0.167. The zero-order chi connectivity index (χ0) is 23.4. The maximum Gasteiger partial charge on any atom is 0.407 e. The van der Waals surface area contributed by atoms with E-state index in [0.717, 1.165) is 42.9 Å². The summed E-state index contributed by atoms with van der Waals surface area (Å²) in [4.78, 5) is 25.7. The number of ether oxygens (including phenoxy) is 1. The van der Waals surface area contributed by atoms with E-state index in [1.807, 2.05) is 24.3 Å². The number of cyclic esters (lactones) is 1. The third-order valence-electron chi connectivity index (χ3n) is 6.31. The number of carbonyl (C=O) groups excluding carboxylic acids is 2. The number of hydrogen-bond donors (Lipinski definition) is 3. The third-order valence-corrected chi connectivity index (χ3v) is 6.31. The predicted molar refractivity (Wildman–Crippen MR) is 127 cm³/mol. The minimum Gasteiger partial charge on any atom is -0.442 e. The normalized spacial score (nSPS) is 21.2. The number of amides is 2. The van der Waals surface area contributed by atoms with Crippen molar-refractivity contribution >= 4 is 12.0 Å². The van der Waals surface area contributed by atoms with Gasteiger partial charge in [-0.3, -0.25) is 4.79 Å². The SMILES string of the molecule is CC(=O)NC(c1cccc(-c2ccc(C(C)NN3CCN(C)CC3)cc2)c1)C1CNC(=O)O1. The van der Waals surface area contributed by atoms with Gasteiger partial charge in [-0.2, -0.15) is 0 Å². The summed E-state index contributed by atoms with van der Waals surface area (Å²) >= 11 is 0. The molecule has 2 saturated heterocycles. The van der Waals surface area contributed by atoms with E-state index < -0.39 is 18.2 Å². The molecule has 0 aromatic heterocycles. The lowest BCUT2D eigenvalue weighted by atomic mass is 9.95. The molecule has 0 radical (unpaired) electrons. The van der Waals surface area contributed by atoms with Crippen molar-refractivity contribution in [1.29, 1.82) is 0 Å². The predicted octanol–water partition coefficient (Wildman–Crippen LogP) is 2.45. The first-order valence-electron chi connectivity index (χ1n) is 11.5. The van der Waals surface area contributed by atoms with Crippen molar-refractivity contribution in [2.75, 3.05) is 39.8 Å². The molecule has 4 rings (SSSR count). The Kier molecular flexibility index (Phi) is 7.27. The van der Waals surface area contributed by atoms with Crippen LogP contribution in [0.5, 0.6) is 0 Å². The van der Waals surface area contributed by atoms with Crippen molar-refractivity contribution in [3.8, 4) is 11.1 Å². The Morgan fingerprint density at radius 2 is 1.79 bits per heavy atom. The molecule has 0 spiro atoms. The Morgan fingerprint density at radius 1 is 1.06 bits per heavy atom. The molecular weight excluding hydrogens is 418 g/mol. The van der Waals surface area contributed by atoms with E-state index in [-0.39, 0.29) is 11.9 Å². The molecule has 3 N–H and O–H groups in total. The van der Waals surface area contributed by atoms with E-state index in [1.165, 1.54) is 12.5 Å². The highest BCUT2D eigenvalue weighted by molar-refractivity contribution is 5.74. The number of benzene rings is 2.